The van der Waals surface area contributed by atoms with Crippen LogP contribution in [0.1, 0.15) is 48.8 Å². The number of halogens is 2. The van der Waals surface area contributed by atoms with E-state index in [4.69, 9.17) is 22.1 Å². The minimum Gasteiger partial charge on any atom is -0.383 e. The van der Waals surface area contributed by atoms with Crippen molar-refractivity contribution in [1.29, 1.82) is 0 Å². The number of pyridine rings is 2. The summed E-state index contributed by atoms with van der Waals surface area (Å²) in [6.45, 7) is 2.68. The molecular formula is C25H26ClFN4O. The molecule has 0 aliphatic carbocycles. The Hall–Kier alpha value is -2.54. The molecule has 0 spiro atoms. The number of anilines is 1. The molecule has 4 heterocycles. The van der Waals surface area contributed by atoms with Crippen LogP contribution in [-0.4, -0.2) is 29.7 Å². The van der Waals surface area contributed by atoms with E-state index in [1.54, 1.807) is 12.3 Å². The minimum absolute atomic E-state index is 0.0520. The van der Waals surface area contributed by atoms with Crippen LogP contribution in [0.25, 0.3) is 22.3 Å². The van der Waals surface area contributed by atoms with Gasteiger partial charge in [-0.1, -0.05) is 23.7 Å². The molecule has 32 heavy (non-hydrogen) atoms. The van der Waals surface area contributed by atoms with Gasteiger partial charge in [-0.15, -0.1) is 0 Å². The van der Waals surface area contributed by atoms with Crippen LogP contribution in [0.4, 0.5) is 10.2 Å². The lowest BCUT2D eigenvalue weighted by atomic mass is 9.84. The van der Waals surface area contributed by atoms with Crippen molar-refractivity contribution in [1.82, 2.24) is 15.3 Å². The molecule has 5 rings (SSSR count). The maximum atomic E-state index is 13.9. The van der Waals surface area contributed by atoms with Crippen LogP contribution in [0.5, 0.6) is 0 Å². The lowest BCUT2D eigenvalue weighted by Gasteiger charge is -2.27. The second-order valence-corrected chi connectivity index (χ2v) is 8.88. The third-order valence-corrected chi connectivity index (χ3v) is 6.93. The summed E-state index contributed by atoms with van der Waals surface area (Å²) >= 11 is 6.18. The van der Waals surface area contributed by atoms with E-state index in [-0.39, 0.29) is 5.02 Å². The van der Waals surface area contributed by atoms with E-state index in [0.717, 1.165) is 50.1 Å². The zero-order chi connectivity index (χ0) is 22.1. The first-order valence-corrected chi connectivity index (χ1v) is 11.5. The zero-order valence-corrected chi connectivity index (χ0v) is 18.5. The molecule has 2 aromatic heterocycles. The standard InChI is InChI=1S/C25H26ClFN4O/c26-23-19(5-9-30-24(23)27)21-13-17(14-31-25(21)28)16-3-4-18(15-6-10-32-11-7-15)20(12-16)22-2-1-8-29-22/h3-5,9,12-15,22,29H,1-2,6-8,10-11H2,(H2,28,31)/t22-/m0/s1. The number of nitrogens with zero attached hydrogens (tertiary/aromatic N) is 2. The van der Waals surface area contributed by atoms with Crippen LogP contribution < -0.4 is 11.1 Å². The fourth-order valence-electron chi connectivity index (χ4n) is 4.86. The first-order valence-electron chi connectivity index (χ1n) is 11.1. The van der Waals surface area contributed by atoms with Gasteiger partial charge in [-0.3, -0.25) is 0 Å². The Labute approximate surface area is 192 Å². The molecule has 0 saturated carbocycles. The van der Waals surface area contributed by atoms with Gasteiger partial charge in [-0.2, -0.15) is 4.39 Å². The molecule has 0 amide bonds. The van der Waals surface area contributed by atoms with E-state index in [1.165, 1.54) is 23.7 Å². The number of hydrogen-bond donors (Lipinski definition) is 2. The van der Waals surface area contributed by atoms with Gasteiger partial charge in [0.2, 0.25) is 5.95 Å². The molecule has 2 aliphatic heterocycles. The number of rotatable bonds is 4. The SMILES string of the molecule is Nc1ncc(-c2ccc(C3CCOCC3)c([C@@H]3CCCN3)c2)cc1-c1ccnc(F)c1Cl. The third-order valence-electron chi connectivity index (χ3n) is 6.57. The highest BCUT2D eigenvalue weighted by Gasteiger charge is 2.25. The molecule has 166 valence electrons. The van der Waals surface area contributed by atoms with Gasteiger partial charge < -0.3 is 15.8 Å². The van der Waals surface area contributed by atoms with Crippen molar-refractivity contribution >= 4 is 17.4 Å². The third kappa shape index (κ3) is 4.10. The van der Waals surface area contributed by atoms with Crippen LogP contribution in [0.2, 0.25) is 5.02 Å². The van der Waals surface area contributed by atoms with E-state index >= 15 is 0 Å². The lowest BCUT2D eigenvalue weighted by Crippen LogP contribution is -2.19. The van der Waals surface area contributed by atoms with E-state index < -0.39 is 5.95 Å². The fraction of sp³-hybridized carbons (Fsp3) is 0.360. The summed E-state index contributed by atoms with van der Waals surface area (Å²) in [5.41, 5.74) is 12.0. The van der Waals surface area contributed by atoms with Gasteiger partial charge in [0.15, 0.2) is 0 Å². The molecule has 1 aromatic carbocycles. The largest absolute Gasteiger partial charge is 0.383 e. The molecule has 3 aromatic rings. The summed E-state index contributed by atoms with van der Waals surface area (Å²) in [7, 11) is 0. The molecule has 2 saturated heterocycles. The van der Waals surface area contributed by atoms with E-state index in [9.17, 15) is 4.39 Å². The highest BCUT2D eigenvalue weighted by atomic mass is 35.5. The Morgan fingerprint density at radius 1 is 1.00 bits per heavy atom. The van der Waals surface area contributed by atoms with Gasteiger partial charge in [0.1, 0.15) is 10.8 Å². The van der Waals surface area contributed by atoms with Gasteiger partial charge in [0.25, 0.3) is 0 Å². The smallest absolute Gasteiger partial charge is 0.232 e. The number of nitrogens with one attached hydrogen (secondary N) is 1. The average Bonchev–Trinajstić information content (AvgIpc) is 3.37. The first-order chi connectivity index (χ1) is 15.6. The van der Waals surface area contributed by atoms with Crippen LogP contribution in [0.3, 0.4) is 0 Å². The monoisotopic (exact) mass is 452 g/mol. The molecule has 5 nitrogen and oxygen atoms in total. The molecule has 0 radical (unpaired) electrons. The molecule has 1 atom stereocenters. The molecule has 2 fully saturated rings. The normalized spacial score (nSPS) is 19.4. The molecule has 2 aliphatic rings. The highest BCUT2D eigenvalue weighted by molar-refractivity contribution is 6.33. The molecular weight excluding hydrogens is 427 g/mol. The molecule has 7 heteroatoms. The van der Waals surface area contributed by atoms with Gasteiger partial charge in [0, 0.05) is 48.3 Å². The Morgan fingerprint density at radius 3 is 2.62 bits per heavy atom. The molecule has 0 bridgehead atoms. The van der Waals surface area contributed by atoms with Crippen molar-refractivity contribution in [2.45, 2.75) is 37.6 Å². The van der Waals surface area contributed by atoms with Crippen LogP contribution in [-0.2, 0) is 4.74 Å². The maximum Gasteiger partial charge on any atom is 0.232 e. The number of nitrogen functional groups attached to an aromatic ring is 1. The van der Waals surface area contributed by atoms with Gasteiger partial charge in [-0.05, 0) is 73.0 Å². The summed E-state index contributed by atoms with van der Waals surface area (Å²) in [6, 6.07) is 10.6. The van der Waals surface area contributed by atoms with E-state index in [2.05, 4.69) is 33.5 Å². The number of hydrogen-bond acceptors (Lipinski definition) is 5. The van der Waals surface area contributed by atoms with Crippen molar-refractivity contribution < 1.29 is 9.13 Å². The maximum absolute atomic E-state index is 13.9. The highest BCUT2D eigenvalue weighted by Crippen LogP contribution is 2.39. The summed E-state index contributed by atoms with van der Waals surface area (Å²) in [5, 5.41) is 3.61. The summed E-state index contributed by atoms with van der Waals surface area (Å²) in [5.74, 6) is 0.107. The topological polar surface area (TPSA) is 73.1 Å². The average molecular weight is 453 g/mol. The van der Waals surface area contributed by atoms with E-state index in [0.29, 0.717) is 28.9 Å². The summed E-state index contributed by atoms with van der Waals surface area (Å²) < 4.78 is 19.5. The fourth-order valence-corrected chi connectivity index (χ4v) is 5.08. The molecule has 0 unspecified atom stereocenters. The van der Waals surface area contributed by atoms with Gasteiger partial charge in [-0.25, -0.2) is 9.97 Å². The predicted molar refractivity (Wildman–Crippen MR) is 125 cm³/mol. The number of benzene rings is 1. The number of aromatic nitrogens is 2. The molecule has 3 N–H and O–H groups in total. The Morgan fingerprint density at radius 2 is 1.84 bits per heavy atom. The first kappa shape index (κ1) is 21.3. The summed E-state index contributed by atoms with van der Waals surface area (Å²) in [4.78, 5) is 8.00. The Balaban J connectivity index is 1.57. The lowest BCUT2D eigenvalue weighted by molar-refractivity contribution is 0.0851. The predicted octanol–water partition coefficient (Wildman–Crippen LogP) is 5.50. The Kier molecular flexibility index (Phi) is 6.09. The van der Waals surface area contributed by atoms with Crippen LogP contribution in [0.15, 0.2) is 42.7 Å². The number of ether oxygens (including phenoxy) is 1. The van der Waals surface area contributed by atoms with Crippen molar-refractivity contribution in [3.05, 3.63) is 64.8 Å². The minimum atomic E-state index is -0.718. The van der Waals surface area contributed by atoms with Crippen LogP contribution in [0, 0.1) is 5.95 Å². The van der Waals surface area contributed by atoms with Crippen LogP contribution >= 0.6 is 11.6 Å². The van der Waals surface area contributed by atoms with E-state index in [1.807, 2.05) is 6.07 Å². The quantitative estimate of drug-likeness (QED) is 0.511. The van der Waals surface area contributed by atoms with Crippen molar-refractivity contribution in [3.8, 4) is 22.3 Å². The second-order valence-electron chi connectivity index (χ2n) is 8.50. The van der Waals surface area contributed by atoms with Crippen molar-refractivity contribution in [3.63, 3.8) is 0 Å². The van der Waals surface area contributed by atoms with Gasteiger partial charge in [0.05, 0.1) is 0 Å². The van der Waals surface area contributed by atoms with Crippen molar-refractivity contribution in [2.24, 2.45) is 0 Å². The number of nitrogens with two attached hydrogens (primary N) is 1. The Bertz CT molecular complexity index is 1130. The second kappa shape index (κ2) is 9.14. The van der Waals surface area contributed by atoms with Crippen molar-refractivity contribution in [2.75, 3.05) is 25.5 Å². The van der Waals surface area contributed by atoms with Gasteiger partial charge >= 0.3 is 0 Å². The summed E-state index contributed by atoms with van der Waals surface area (Å²) in [6.07, 6.45) is 7.57. The zero-order valence-electron chi connectivity index (χ0n) is 17.8.